The number of carbonyl (C=O) groups excluding carboxylic acids is 1. The lowest BCUT2D eigenvalue weighted by molar-refractivity contribution is -0.384. The number of aromatic nitrogens is 1. The van der Waals surface area contributed by atoms with E-state index >= 15 is 0 Å². The molecule has 0 saturated heterocycles. The minimum Gasteiger partial charge on any atom is -0.321 e. The van der Waals surface area contributed by atoms with E-state index in [1.807, 2.05) is 38.1 Å². The van der Waals surface area contributed by atoms with Crippen molar-refractivity contribution in [1.29, 1.82) is 5.26 Å². The highest BCUT2D eigenvalue weighted by molar-refractivity contribution is 6.04. The summed E-state index contributed by atoms with van der Waals surface area (Å²) in [7, 11) is 0. The number of nitrogens with zero attached hydrogens (tertiary/aromatic N) is 3. The standard InChI is InChI=1S/C22H18N4O4/c1-14-5-6-15(2)17(10-14)13-25-9-3-4-19(22(25)28)21(27)24-20-8-7-18(26(29)30)11-16(20)12-23/h3-11H,13H2,1-2H3,(H,24,27). The number of rotatable bonds is 5. The number of carbonyl (C=O) groups is 1. The highest BCUT2D eigenvalue weighted by Crippen LogP contribution is 2.21. The number of nitriles is 1. The van der Waals surface area contributed by atoms with Crippen LogP contribution in [-0.2, 0) is 6.54 Å². The SMILES string of the molecule is Cc1ccc(C)c(Cn2cccc(C(=O)Nc3ccc([N+](=O)[O-])cc3C#N)c2=O)c1. The molecular formula is C22H18N4O4. The predicted molar refractivity (Wildman–Crippen MR) is 111 cm³/mol. The van der Waals surface area contributed by atoms with Crippen LogP contribution in [-0.4, -0.2) is 15.4 Å². The maximum Gasteiger partial charge on any atom is 0.270 e. The van der Waals surface area contributed by atoms with Gasteiger partial charge in [0.05, 0.1) is 22.7 Å². The smallest absolute Gasteiger partial charge is 0.270 e. The van der Waals surface area contributed by atoms with Gasteiger partial charge >= 0.3 is 0 Å². The second-order valence-corrected chi connectivity index (χ2v) is 6.84. The molecule has 0 fully saturated rings. The average Bonchev–Trinajstić information content (AvgIpc) is 2.72. The summed E-state index contributed by atoms with van der Waals surface area (Å²) >= 11 is 0. The van der Waals surface area contributed by atoms with Crippen molar-refractivity contribution in [2.75, 3.05) is 5.32 Å². The zero-order chi connectivity index (χ0) is 21.8. The molecule has 1 amide bonds. The van der Waals surface area contributed by atoms with E-state index in [0.717, 1.165) is 22.8 Å². The van der Waals surface area contributed by atoms with Gasteiger partial charge in [-0.05, 0) is 43.2 Å². The molecule has 1 aromatic heterocycles. The molecule has 0 aliphatic rings. The predicted octanol–water partition coefficient (Wildman–Crippen LogP) is 3.55. The van der Waals surface area contributed by atoms with Crippen LogP contribution in [0.1, 0.15) is 32.6 Å². The van der Waals surface area contributed by atoms with E-state index in [1.165, 1.54) is 22.8 Å². The third-order valence-corrected chi connectivity index (χ3v) is 4.69. The van der Waals surface area contributed by atoms with Crippen molar-refractivity contribution >= 4 is 17.3 Å². The van der Waals surface area contributed by atoms with E-state index in [-0.39, 0.29) is 22.5 Å². The minimum absolute atomic E-state index is 0.0656. The molecular weight excluding hydrogens is 384 g/mol. The fourth-order valence-corrected chi connectivity index (χ4v) is 3.03. The first-order valence-corrected chi connectivity index (χ1v) is 9.05. The molecule has 0 atom stereocenters. The third-order valence-electron chi connectivity index (χ3n) is 4.69. The molecule has 150 valence electrons. The van der Waals surface area contributed by atoms with Crippen molar-refractivity contribution in [2.45, 2.75) is 20.4 Å². The summed E-state index contributed by atoms with van der Waals surface area (Å²) in [5.41, 5.74) is 2.27. The van der Waals surface area contributed by atoms with E-state index < -0.39 is 16.4 Å². The third kappa shape index (κ3) is 4.25. The lowest BCUT2D eigenvalue weighted by Crippen LogP contribution is -2.29. The monoisotopic (exact) mass is 402 g/mol. The maximum atomic E-state index is 12.8. The van der Waals surface area contributed by atoms with E-state index in [0.29, 0.717) is 6.54 Å². The highest BCUT2D eigenvalue weighted by atomic mass is 16.6. The number of aryl methyl sites for hydroxylation is 2. The summed E-state index contributed by atoms with van der Waals surface area (Å²) in [6, 6.07) is 14.3. The Morgan fingerprint density at radius 1 is 1.20 bits per heavy atom. The quantitative estimate of drug-likeness (QED) is 0.517. The topological polar surface area (TPSA) is 118 Å². The molecule has 0 aliphatic carbocycles. The molecule has 1 N–H and O–H groups in total. The van der Waals surface area contributed by atoms with Crippen molar-refractivity contribution in [3.8, 4) is 6.07 Å². The molecule has 0 bridgehead atoms. The first-order chi connectivity index (χ1) is 14.3. The number of nitro benzene ring substituents is 1. The molecule has 30 heavy (non-hydrogen) atoms. The minimum atomic E-state index is -0.694. The first-order valence-electron chi connectivity index (χ1n) is 9.05. The summed E-state index contributed by atoms with van der Waals surface area (Å²) in [5, 5.41) is 22.6. The summed E-state index contributed by atoms with van der Waals surface area (Å²) in [6.45, 7) is 4.23. The first kappa shape index (κ1) is 20.5. The van der Waals surface area contributed by atoms with Crippen LogP contribution in [0.2, 0.25) is 0 Å². The summed E-state index contributed by atoms with van der Waals surface area (Å²) in [5.74, 6) is -0.694. The molecule has 0 spiro atoms. The van der Waals surface area contributed by atoms with E-state index in [2.05, 4.69) is 5.32 Å². The zero-order valence-corrected chi connectivity index (χ0v) is 16.4. The number of benzene rings is 2. The molecule has 0 saturated carbocycles. The Morgan fingerprint density at radius 2 is 1.97 bits per heavy atom. The molecule has 2 aromatic carbocycles. The van der Waals surface area contributed by atoms with Crippen LogP contribution in [0.25, 0.3) is 0 Å². The van der Waals surface area contributed by atoms with E-state index in [4.69, 9.17) is 0 Å². The van der Waals surface area contributed by atoms with Gasteiger partial charge in [0.1, 0.15) is 11.6 Å². The Hall–Kier alpha value is -4.25. The van der Waals surface area contributed by atoms with Crippen LogP contribution in [0.5, 0.6) is 0 Å². The van der Waals surface area contributed by atoms with Gasteiger partial charge < -0.3 is 9.88 Å². The fraction of sp³-hybridized carbons (Fsp3) is 0.136. The van der Waals surface area contributed by atoms with Crippen molar-refractivity contribution in [3.05, 3.63) is 103 Å². The summed E-state index contributed by atoms with van der Waals surface area (Å²) in [4.78, 5) is 35.8. The molecule has 0 unspecified atom stereocenters. The highest BCUT2D eigenvalue weighted by Gasteiger charge is 2.17. The summed E-state index contributed by atoms with van der Waals surface area (Å²) in [6.07, 6.45) is 1.60. The molecule has 3 aromatic rings. The Balaban J connectivity index is 1.90. The lowest BCUT2D eigenvalue weighted by Gasteiger charge is -2.12. The largest absolute Gasteiger partial charge is 0.321 e. The number of pyridine rings is 1. The van der Waals surface area contributed by atoms with Crippen molar-refractivity contribution in [3.63, 3.8) is 0 Å². The van der Waals surface area contributed by atoms with Gasteiger partial charge in [-0.1, -0.05) is 23.8 Å². The Kier molecular flexibility index (Phi) is 5.74. The number of nitrogens with one attached hydrogen (secondary N) is 1. The van der Waals surface area contributed by atoms with Crippen LogP contribution in [0.3, 0.4) is 0 Å². The van der Waals surface area contributed by atoms with Crippen LogP contribution in [0.4, 0.5) is 11.4 Å². The van der Waals surface area contributed by atoms with Crippen LogP contribution in [0, 0.1) is 35.3 Å². The lowest BCUT2D eigenvalue weighted by atomic mass is 10.1. The zero-order valence-electron chi connectivity index (χ0n) is 16.4. The van der Waals surface area contributed by atoms with Gasteiger partial charge in [0.15, 0.2) is 0 Å². The van der Waals surface area contributed by atoms with Crippen molar-refractivity contribution in [2.24, 2.45) is 0 Å². The number of hydrogen-bond donors (Lipinski definition) is 1. The van der Waals surface area contributed by atoms with Crippen LogP contribution in [0.15, 0.2) is 59.5 Å². The maximum absolute atomic E-state index is 12.8. The van der Waals surface area contributed by atoms with Crippen molar-refractivity contribution < 1.29 is 9.72 Å². The Morgan fingerprint density at radius 3 is 2.67 bits per heavy atom. The molecule has 8 nitrogen and oxygen atoms in total. The molecule has 0 radical (unpaired) electrons. The van der Waals surface area contributed by atoms with Crippen LogP contribution < -0.4 is 10.9 Å². The fourth-order valence-electron chi connectivity index (χ4n) is 3.03. The molecule has 0 aliphatic heterocycles. The Labute approximate surface area is 172 Å². The van der Waals surface area contributed by atoms with E-state index in [1.54, 1.807) is 12.3 Å². The van der Waals surface area contributed by atoms with E-state index in [9.17, 15) is 25.0 Å². The van der Waals surface area contributed by atoms with Gasteiger partial charge in [-0.25, -0.2) is 0 Å². The number of nitro groups is 1. The van der Waals surface area contributed by atoms with Gasteiger partial charge in [0, 0.05) is 18.3 Å². The summed E-state index contributed by atoms with van der Waals surface area (Å²) < 4.78 is 1.44. The molecule has 8 heteroatoms. The number of amides is 1. The van der Waals surface area contributed by atoms with Crippen LogP contribution >= 0.6 is 0 Å². The van der Waals surface area contributed by atoms with Gasteiger partial charge in [-0.15, -0.1) is 0 Å². The number of anilines is 1. The second-order valence-electron chi connectivity index (χ2n) is 6.84. The molecule has 3 rings (SSSR count). The number of hydrogen-bond acceptors (Lipinski definition) is 5. The normalized spacial score (nSPS) is 10.3. The number of non-ortho nitro benzene ring substituents is 1. The average molecular weight is 402 g/mol. The van der Waals surface area contributed by atoms with Gasteiger partial charge in [-0.2, -0.15) is 5.26 Å². The molecule has 1 heterocycles. The van der Waals surface area contributed by atoms with Gasteiger partial charge in [-0.3, -0.25) is 19.7 Å². The Bertz CT molecular complexity index is 1250. The van der Waals surface area contributed by atoms with Gasteiger partial charge in [0.2, 0.25) is 0 Å². The van der Waals surface area contributed by atoms with Gasteiger partial charge in [0.25, 0.3) is 17.2 Å². The van der Waals surface area contributed by atoms with Crippen molar-refractivity contribution in [1.82, 2.24) is 4.57 Å². The second kappa shape index (κ2) is 8.41.